The molecule has 1 aliphatic rings. The average molecular weight is 338 g/mol. The van der Waals surface area contributed by atoms with Crippen molar-refractivity contribution in [2.75, 3.05) is 13.6 Å². The summed E-state index contributed by atoms with van der Waals surface area (Å²) >= 11 is 3.50. The van der Waals surface area contributed by atoms with E-state index in [-0.39, 0.29) is 5.92 Å². The number of hydrogen-bond acceptors (Lipinski definition) is 2. The van der Waals surface area contributed by atoms with E-state index in [0.29, 0.717) is 5.78 Å². The zero-order valence-electron chi connectivity index (χ0n) is 12.4. The molecular formula is C17H24BrNO. The van der Waals surface area contributed by atoms with E-state index in [4.69, 9.17) is 0 Å². The Morgan fingerprint density at radius 2 is 2.20 bits per heavy atom. The zero-order valence-corrected chi connectivity index (χ0v) is 14.0. The van der Waals surface area contributed by atoms with Gasteiger partial charge in [0.05, 0.1) is 0 Å². The number of rotatable bonds is 5. The first-order valence-corrected chi connectivity index (χ1v) is 8.33. The van der Waals surface area contributed by atoms with E-state index in [2.05, 4.69) is 53.0 Å². The van der Waals surface area contributed by atoms with Crippen molar-refractivity contribution in [1.29, 1.82) is 0 Å². The smallest absolute Gasteiger partial charge is 0.137 e. The summed E-state index contributed by atoms with van der Waals surface area (Å²) in [7, 11) is 2.11. The molecule has 3 heteroatoms. The van der Waals surface area contributed by atoms with Gasteiger partial charge >= 0.3 is 0 Å². The van der Waals surface area contributed by atoms with Crippen molar-refractivity contribution in [3.8, 4) is 0 Å². The molecule has 20 heavy (non-hydrogen) atoms. The highest BCUT2D eigenvalue weighted by Gasteiger charge is 2.28. The standard InChI is InChI=1S/C17H24BrNO/c1-3-13-7-8-17(20)15(9-13)12-19(2)11-14-5-4-6-16(18)10-14/h4-6,10,13,15H,3,7-9,11-12H2,1-2H3. The summed E-state index contributed by atoms with van der Waals surface area (Å²) in [6.45, 7) is 4.03. The molecule has 0 aliphatic heterocycles. The molecule has 0 saturated heterocycles. The fourth-order valence-electron chi connectivity index (χ4n) is 3.14. The number of ketones is 1. The minimum absolute atomic E-state index is 0.242. The second kappa shape index (κ2) is 7.37. The summed E-state index contributed by atoms with van der Waals surface area (Å²) in [4.78, 5) is 14.3. The second-order valence-electron chi connectivity index (χ2n) is 6.04. The van der Waals surface area contributed by atoms with Crippen molar-refractivity contribution in [3.05, 3.63) is 34.3 Å². The molecule has 0 aromatic heterocycles. The number of Topliss-reactive ketones (excluding diaryl/α,β-unsaturated/α-hetero) is 1. The maximum atomic E-state index is 12.1. The Kier molecular flexibility index (Phi) is 5.79. The summed E-state index contributed by atoms with van der Waals surface area (Å²) in [6.07, 6.45) is 4.17. The van der Waals surface area contributed by atoms with E-state index in [1.807, 2.05) is 6.07 Å². The van der Waals surface area contributed by atoms with Gasteiger partial charge in [-0.15, -0.1) is 0 Å². The van der Waals surface area contributed by atoms with Crippen LogP contribution >= 0.6 is 15.9 Å². The maximum absolute atomic E-state index is 12.1. The monoisotopic (exact) mass is 337 g/mol. The van der Waals surface area contributed by atoms with E-state index < -0.39 is 0 Å². The molecular weight excluding hydrogens is 314 g/mol. The number of halogens is 1. The molecule has 0 amide bonds. The molecule has 2 atom stereocenters. The molecule has 0 heterocycles. The van der Waals surface area contributed by atoms with Crippen molar-refractivity contribution < 1.29 is 4.79 Å². The van der Waals surface area contributed by atoms with Crippen molar-refractivity contribution in [2.24, 2.45) is 11.8 Å². The Hall–Kier alpha value is -0.670. The number of carbonyl (C=O) groups is 1. The van der Waals surface area contributed by atoms with Gasteiger partial charge in [-0.2, -0.15) is 0 Å². The Balaban J connectivity index is 1.90. The normalized spacial score (nSPS) is 23.3. The lowest BCUT2D eigenvalue weighted by molar-refractivity contribution is -0.126. The van der Waals surface area contributed by atoms with Crippen LogP contribution in [0.1, 0.15) is 38.2 Å². The molecule has 1 saturated carbocycles. The first-order chi connectivity index (χ1) is 9.58. The molecule has 0 spiro atoms. The summed E-state index contributed by atoms with van der Waals surface area (Å²) < 4.78 is 1.11. The van der Waals surface area contributed by atoms with Crippen LogP contribution in [0.2, 0.25) is 0 Å². The highest BCUT2D eigenvalue weighted by molar-refractivity contribution is 9.10. The lowest BCUT2D eigenvalue weighted by Gasteiger charge is -2.30. The third kappa shape index (κ3) is 4.42. The fraction of sp³-hybridized carbons (Fsp3) is 0.588. The highest BCUT2D eigenvalue weighted by Crippen LogP contribution is 2.29. The van der Waals surface area contributed by atoms with Crippen LogP contribution in [0, 0.1) is 11.8 Å². The van der Waals surface area contributed by atoms with Gasteiger partial charge in [-0.25, -0.2) is 0 Å². The molecule has 1 aromatic rings. The van der Waals surface area contributed by atoms with Gasteiger partial charge in [0, 0.05) is 29.9 Å². The summed E-state index contributed by atoms with van der Waals surface area (Å²) in [5.74, 6) is 1.46. The van der Waals surface area contributed by atoms with Crippen molar-refractivity contribution in [2.45, 2.75) is 39.2 Å². The Morgan fingerprint density at radius 1 is 1.40 bits per heavy atom. The minimum atomic E-state index is 0.242. The van der Waals surface area contributed by atoms with Crippen molar-refractivity contribution in [1.82, 2.24) is 4.90 Å². The number of hydrogen-bond donors (Lipinski definition) is 0. The molecule has 1 aromatic carbocycles. The topological polar surface area (TPSA) is 20.3 Å². The SMILES string of the molecule is CCC1CCC(=O)C(CN(C)Cc2cccc(Br)c2)C1. The molecule has 2 rings (SSSR count). The largest absolute Gasteiger partial charge is 0.301 e. The molecule has 0 bridgehead atoms. The van der Waals surface area contributed by atoms with E-state index in [0.717, 1.165) is 42.7 Å². The van der Waals surface area contributed by atoms with E-state index >= 15 is 0 Å². The average Bonchev–Trinajstić information content (AvgIpc) is 2.41. The number of nitrogens with zero attached hydrogens (tertiary/aromatic N) is 1. The van der Waals surface area contributed by atoms with Crippen LogP contribution in [0.4, 0.5) is 0 Å². The van der Waals surface area contributed by atoms with Gasteiger partial charge in [-0.1, -0.05) is 41.4 Å². The van der Waals surface area contributed by atoms with E-state index in [1.54, 1.807) is 0 Å². The molecule has 110 valence electrons. The van der Waals surface area contributed by atoms with Crippen molar-refractivity contribution in [3.63, 3.8) is 0 Å². The second-order valence-corrected chi connectivity index (χ2v) is 6.95. The Labute approximate surface area is 130 Å². The van der Waals surface area contributed by atoms with E-state index in [1.165, 1.54) is 12.0 Å². The zero-order chi connectivity index (χ0) is 14.5. The van der Waals surface area contributed by atoms with Gasteiger partial charge in [0.15, 0.2) is 0 Å². The molecule has 0 N–H and O–H groups in total. The van der Waals surface area contributed by atoms with Crippen molar-refractivity contribution >= 4 is 21.7 Å². The Morgan fingerprint density at radius 3 is 2.90 bits per heavy atom. The van der Waals surface area contributed by atoms with Gasteiger partial charge in [-0.05, 0) is 43.5 Å². The lowest BCUT2D eigenvalue weighted by Crippen LogP contribution is -2.34. The first-order valence-electron chi connectivity index (χ1n) is 7.54. The summed E-state index contributed by atoms with van der Waals surface area (Å²) in [6, 6.07) is 8.39. The van der Waals surface area contributed by atoms with Crippen LogP contribution < -0.4 is 0 Å². The lowest BCUT2D eigenvalue weighted by atomic mass is 9.79. The van der Waals surface area contributed by atoms with Crippen LogP contribution in [0.25, 0.3) is 0 Å². The fourth-order valence-corrected chi connectivity index (χ4v) is 3.58. The van der Waals surface area contributed by atoms with Crippen LogP contribution in [-0.4, -0.2) is 24.3 Å². The summed E-state index contributed by atoms with van der Waals surface area (Å²) in [5.41, 5.74) is 1.29. The van der Waals surface area contributed by atoms with Crippen LogP contribution in [0.5, 0.6) is 0 Å². The number of benzene rings is 1. The van der Waals surface area contributed by atoms with E-state index in [9.17, 15) is 4.79 Å². The predicted octanol–water partition coefficient (Wildman–Crippen LogP) is 4.28. The van der Waals surface area contributed by atoms with Gasteiger partial charge in [0.1, 0.15) is 5.78 Å². The predicted molar refractivity (Wildman–Crippen MR) is 86.6 cm³/mol. The van der Waals surface area contributed by atoms with Gasteiger partial charge in [-0.3, -0.25) is 4.79 Å². The summed E-state index contributed by atoms with van der Waals surface area (Å²) in [5, 5.41) is 0. The molecule has 1 aliphatic carbocycles. The quantitative estimate of drug-likeness (QED) is 0.799. The third-order valence-electron chi connectivity index (χ3n) is 4.32. The molecule has 2 unspecified atom stereocenters. The number of carbonyl (C=O) groups excluding carboxylic acids is 1. The molecule has 0 radical (unpaired) electrons. The molecule has 2 nitrogen and oxygen atoms in total. The van der Waals surface area contributed by atoms with Crippen LogP contribution in [0.3, 0.4) is 0 Å². The van der Waals surface area contributed by atoms with Crippen LogP contribution in [-0.2, 0) is 11.3 Å². The van der Waals surface area contributed by atoms with Gasteiger partial charge in [0.2, 0.25) is 0 Å². The first kappa shape index (κ1) is 15.7. The van der Waals surface area contributed by atoms with Gasteiger partial charge < -0.3 is 4.90 Å². The highest BCUT2D eigenvalue weighted by atomic mass is 79.9. The minimum Gasteiger partial charge on any atom is -0.301 e. The Bertz CT molecular complexity index is 460. The van der Waals surface area contributed by atoms with Gasteiger partial charge in [0.25, 0.3) is 0 Å². The van der Waals surface area contributed by atoms with Crippen LogP contribution in [0.15, 0.2) is 28.7 Å². The maximum Gasteiger partial charge on any atom is 0.137 e. The third-order valence-corrected chi connectivity index (χ3v) is 4.82. The molecule has 1 fully saturated rings.